The second-order valence-electron chi connectivity index (χ2n) is 10.1. The van der Waals surface area contributed by atoms with E-state index in [1.807, 2.05) is 12.1 Å². The van der Waals surface area contributed by atoms with Crippen molar-refractivity contribution in [3.05, 3.63) is 29.8 Å². The second-order valence-corrected chi connectivity index (χ2v) is 10.1. The Hall–Kier alpha value is -1.75. The Kier molecular flexibility index (Phi) is 5.78. The van der Waals surface area contributed by atoms with Crippen LogP contribution >= 0.6 is 0 Å². The van der Waals surface area contributed by atoms with Crippen LogP contribution in [-0.2, 0) is 6.54 Å². The summed E-state index contributed by atoms with van der Waals surface area (Å²) in [5.74, 6) is 1.43. The fraction of sp³-hybridized carbons (Fsp3) is 0.708. The van der Waals surface area contributed by atoms with Crippen LogP contribution in [0.3, 0.4) is 0 Å². The van der Waals surface area contributed by atoms with Crippen molar-refractivity contribution in [3.8, 4) is 5.75 Å². The highest BCUT2D eigenvalue weighted by Gasteiger charge is 2.52. The second kappa shape index (κ2) is 8.17. The maximum Gasteiger partial charge on any atom is 0.320 e. The third-order valence-corrected chi connectivity index (χ3v) is 7.01. The maximum absolute atomic E-state index is 13.4. The molecule has 1 aliphatic carbocycles. The number of ether oxygens (including phenoxy) is 1. The minimum atomic E-state index is 0.240. The van der Waals surface area contributed by atoms with E-state index in [0.29, 0.717) is 30.0 Å². The smallest absolute Gasteiger partial charge is 0.320 e. The molecule has 2 saturated heterocycles. The van der Waals surface area contributed by atoms with Crippen molar-refractivity contribution in [1.82, 2.24) is 14.7 Å². The molecular formula is C24H37N3O2. The highest BCUT2D eigenvalue weighted by atomic mass is 16.5. The molecule has 5 nitrogen and oxygen atoms in total. The fourth-order valence-electron chi connectivity index (χ4n) is 4.76. The summed E-state index contributed by atoms with van der Waals surface area (Å²) in [6, 6.07) is 9.47. The molecule has 2 atom stereocenters. The lowest BCUT2D eigenvalue weighted by Crippen LogP contribution is -2.59. The molecule has 1 unspecified atom stereocenters. The highest BCUT2D eigenvalue weighted by Crippen LogP contribution is 2.50. The van der Waals surface area contributed by atoms with E-state index in [9.17, 15) is 4.79 Å². The Morgan fingerprint density at radius 1 is 1.17 bits per heavy atom. The number of hydrogen-bond donors (Lipinski definition) is 0. The van der Waals surface area contributed by atoms with Crippen molar-refractivity contribution in [2.24, 2.45) is 11.3 Å². The zero-order valence-corrected chi connectivity index (χ0v) is 18.6. The van der Waals surface area contributed by atoms with Gasteiger partial charge >= 0.3 is 6.03 Å². The molecule has 3 aliphatic rings. The lowest BCUT2D eigenvalue weighted by atomic mass is 9.94. The van der Waals surface area contributed by atoms with Gasteiger partial charge in [0.25, 0.3) is 0 Å². The van der Waals surface area contributed by atoms with E-state index in [1.165, 1.54) is 18.4 Å². The van der Waals surface area contributed by atoms with Crippen LogP contribution in [0.25, 0.3) is 0 Å². The van der Waals surface area contributed by atoms with Gasteiger partial charge in [0.2, 0.25) is 0 Å². The molecular weight excluding hydrogens is 362 g/mol. The van der Waals surface area contributed by atoms with Crippen LogP contribution in [0.15, 0.2) is 24.3 Å². The van der Waals surface area contributed by atoms with E-state index in [2.05, 4.69) is 54.7 Å². The summed E-state index contributed by atoms with van der Waals surface area (Å²) in [5, 5.41) is 0. The van der Waals surface area contributed by atoms with Crippen LogP contribution in [-0.4, -0.2) is 66.1 Å². The molecule has 1 aromatic rings. The van der Waals surface area contributed by atoms with E-state index in [-0.39, 0.29) is 6.03 Å². The Bertz CT molecular complexity index is 713. The SMILES string of the molecule is CC(C)COc1ccc(CN2CC3(CC3)CN(C3CCN(C)[C@@H](C)C3)C2=O)cc1. The summed E-state index contributed by atoms with van der Waals surface area (Å²) in [6.45, 7) is 11.0. The van der Waals surface area contributed by atoms with Gasteiger partial charge in [-0.25, -0.2) is 4.79 Å². The van der Waals surface area contributed by atoms with E-state index >= 15 is 0 Å². The molecule has 1 aromatic carbocycles. The number of rotatable bonds is 6. The Balaban J connectivity index is 1.42. The number of carbonyl (C=O) groups excluding carboxylic acids is 1. The minimum Gasteiger partial charge on any atom is -0.493 e. The molecule has 4 rings (SSSR count). The Morgan fingerprint density at radius 2 is 1.90 bits per heavy atom. The van der Waals surface area contributed by atoms with E-state index in [1.54, 1.807) is 0 Å². The van der Waals surface area contributed by atoms with Crippen molar-refractivity contribution in [2.45, 2.75) is 65.1 Å². The monoisotopic (exact) mass is 399 g/mol. The molecule has 0 bridgehead atoms. The van der Waals surface area contributed by atoms with Crippen LogP contribution < -0.4 is 4.74 Å². The van der Waals surface area contributed by atoms with E-state index < -0.39 is 0 Å². The largest absolute Gasteiger partial charge is 0.493 e. The van der Waals surface area contributed by atoms with Crippen molar-refractivity contribution in [2.75, 3.05) is 33.3 Å². The number of urea groups is 1. The molecule has 0 N–H and O–H groups in total. The zero-order valence-electron chi connectivity index (χ0n) is 18.6. The number of piperidine rings is 1. The number of carbonyl (C=O) groups is 1. The van der Waals surface area contributed by atoms with Crippen LogP contribution in [0.4, 0.5) is 4.79 Å². The van der Waals surface area contributed by atoms with Crippen molar-refractivity contribution in [1.29, 1.82) is 0 Å². The van der Waals surface area contributed by atoms with E-state index in [4.69, 9.17) is 4.74 Å². The topological polar surface area (TPSA) is 36.0 Å². The van der Waals surface area contributed by atoms with Gasteiger partial charge in [-0.05, 0) is 63.3 Å². The van der Waals surface area contributed by atoms with Gasteiger partial charge in [0, 0.05) is 43.7 Å². The van der Waals surface area contributed by atoms with Crippen LogP contribution in [0, 0.1) is 11.3 Å². The molecule has 5 heteroatoms. The van der Waals surface area contributed by atoms with Crippen molar-refractivity contribution >= 4 is 6.03 Å². The van der Waals surface area contributed by atoms with Crippen molar-refractivity contribution < 1.29 is 9.53 Å². The summed E-state index contributed by atoms with van der Waals surface area (Å²) in [5.41, 5.74) is 1.53. The van der Waals surface area contributed by atoms with Gasteiger partial charge in [-0.15, -0.1) is 0 Å². The lowest BCUT2D eigenvalue weighted by molar-refractivity contribution is 0.0408. The molecule has 1 saturated carbocycles. The number of amides is 2. The number of benzene rings is 1. The summed E-state index contributed by atoms with van der Waals surface area (Å²) in [6.07, 6.45) is 4.71. The molecule has 0 aromatic heterocycles. The van der Waals surface area contributed by atoms with Gasteiger partial charge in [-0.2, -0.15) is 0 Å². The summed E-state index contributed by atoms with van der Waals surface area (Å²) in [7, 11) is 2.20. The van der Waals surface area contributed by atoms with Crippen LogP contribution in [0.5, 0.6) is 5.75 Å². The summed E-state index contributed by atoms with van der Waals surface area (Å²) < 4.78 is 5.80. The molecule has 1 spiro atoms. The first-order chi connectivity index (χ1) is 13.8. The first-order valence-corrected chi connectivity index (χ1v) is 11.3. The molecule has 2 heterocycles. The van der Waals surface area contributed by atoms with Crippen molar-refractivity contribution in [3.63, 3.8) is 0 Å². The first kappa shape index (κ1) is 20.5. The van der Waals surface area contributed by atoms with E-state index in [0.717, 1.165) is 44.8 Å². The average Bonchev–Trinajstić information content (AvgIpc) is 3.45. The van der Waals surface area contributed by atoms with Crippen LogP contribution in [0.1, 0.15) is 52.0 Å². The molecule has 2 amide bonds. The van der Waals surface area contributed by atoms with Crippen LogP contribution in [0.2, 0.25) is 0 Å². The molecule has 0 radical (unpaired) electrons. The number of nitrogens with zero attached hydrogens (tertiary/aromatic N) is 3. The molecule has 29 heavy (non-hydrogen) atoms. The first-order valence-electron chi connectivity index (χ1n) is 11.3. The van der Waals surface area contributed by atoms with Gasteiger partial charge in [0.15, 0.2) is 0 Å². The lowest BCUT2D eigenvalue weighted by Gasteiger charge is -2.47. The van der Waals surface area contributed by atoms with Gasteiger partial charge in [0.1, 0.15) is 5.75 Å². The van der Waals surface area contributed by atoms with Gasteiger partial charge in [-0.3, -0.25) is 0 Å². The third-order valence-electron chi connectivity index (χ3n) is 7.01. The quantitative estimate of drug-likeness (QED) is 0.718. The molecule has 2 aliphatic heterocycles. The number of hydrogen-bond acceptors (Lipinski definition) is 3. The third kappa shape index (κ3) is 4.71. The molecule has 160 valence electrons. The van der Waals surface area contributed by atoms with Gasteiger partial charge in [0.05, 0.1) is 6.61 Å². The Labute approximate surface area is 176 Å². The minimum absolute atomic E-state index is 0.240. The van der Waals surface area contributed by atoms with Gasteiger partial charge in [-0.1, -0.05) is 26.0 Å². The summed E-state index contributed by atoms with van der Waals surface area (Å²) in [4.78, 5) is 20.1. The van der Waals surface area contributed by atoms with Gasteiger partial charge < -0.3 is 19.4 Å². The zero-order chi connectivity index (χ0) is 20.6. The normalized spacial score (nSPS) is 27.0. The Morgan fingerprint density at radius 3 is 2.52 bits per heavy atom. The summed E-state index contributed by atoms with van der Waals surface area (Å²) >= 11 is 0. The predicted octanol–water partition coefficient (Wildman–Crippen LogP) is 4.22. The molecule has 3 fully saturated rings. The number of likely N-dealkylation sites (tertiary alicyclic amines) is 1. The standard InChI is InChI=1S/C24H37N3O2/c1-18(2)15-29-22-7-5-20(6-8-22)14-26-16-24(10-11-24)17-27(23(26)28)21-9-12-25(4)19(3)13-21/h5-8,18-19,21H,9-17H2,1-4H3/t19-,21?/m0/s1. The average molecular weight is 400 g/mol. The predicted molar refractivity (Wildman–Crippen MR) is 116 cm³/mol. The maximum atomic E-state index is 13.4. The highest BCUT2D eigenvalue weighted by molar-refractivity contribution is 5.76. The fourth-order valence-corrected chi connectivity index (χ4v) is 4.76.